The number of carbonyl (C=O) groups is 2. The second kappa shape index (κ2) is 9.37. The number of amides is 2. The van der Waals surface area contributed by atoms with Gasteiger partial charge in [0.25, 0.3) is 0 Å². The summed E-state index contributed by atoms with van der Waals surface area (Å²) in [4.78, 5) is 23.9. The molecule has 5 nitrogen and oxygen atoms in total. The van der Waals surface area contributed by atoms with Gasteiger partial charge in [-0.2, -0.15) is 0 Å². The Morgan fingerprint density at radius 3 is 2.19 bits per heavy atom. The summed E-state index contributed by atoms with van der Waals surface area (Å²) >= 11 is 0. The first-order chi connectivity index (χ1) is 9.57. The van der Waals surface area contributed by atoms with Gasteiger partial charge in [0.1, 0.15) is 0 Å². The summed E-state index contributed by atoms with van der Waals surface area (Å²) in [7, 11) is 0. The zero-order valence-corrected chi connectivity index (χ0v) is 13.3. The smallest absolute Gasteiger partial charge is 0.243 e. The molecule has 0 aromatic heterocycles. The maximum absolute atomic E-state index is 12.1. The van der Waals surface area contributed by atoms with Gasteiger partial charge in [0.15, 0.2) is 0 Å². The van der Waals surface area contributed by atoms with Crippen LogP contribution in [0.2, 0.25) is 0 Å². The molecule has 0 fully saturated rings. The first kappa shape index (κ1) is 19.4. The molecule has 1 aromatic carbocycles. The Kier molecular flexibility index (Phi) is 8.66. The highest BCUT2D eigenvalue weighted by molar-refractivity contribution is 5.95. The van der Waals surface area contributed by atoms with Gasteiger partial charge >= 0.3 is 0 Å². The van der Waals surface area contributed by atoms with Gasteiger partial charge in [-0.05, 0) is 25.0 Å². The monoisotopic (exact) mass is 313 g/mol. The maximum atomic E-state index is 12.1. The number of anilines is 1. The predicted octanol–water partition coefficient (Wildman–Crippen LogP) is 1.93. The highest BCUT2D eigenvalue weighted by Gasteiger charge is 2.33. The fraction of sp³-hybridized carbons (Fsp3) is 0.467. The Balaban J connectivity index is 0.00000400. The third-order valence-electron chi connectivity index (χ3n) is 3.69. The van der Waals surface area contributed by atoms with E-state index in [0.29, 0.717) is 18.5 Å². The summed E-state index contributed by atoms with van der Waals surface area (Å²) in [5.74, 6) is -0.407. The number of halogens is 1. The van der Waals surface area contributed by atoms with E-state index in [1.165, 1.54) is 0 Å². The van der Waals surface area contributed by atoms with Crippen LogP contribution in [0.15, 0.2) is 30.3 Å². The SMILES string of the molecule is CCC(CC)(CN)C(=O)NCC(=O)Nc1ccccc1.Cl. The molecular formula is C15H24ClN3O2. The van der Waals surface area contributed by atoms with Crippen molar-refractivity contribution in [1.29, 1.82) is 0 Å². The number of carbonyl (C=O) groups excluding carboxylic acids is 2. The summed E-state index contributed by atoms with van der Waals surface area (Å²) < 4.78 is 0. The molecule has 0 saturated heterocycles. The Hall–Kier alpha value is -1.59. The minimum Gasteiger partial charge on any atom is -0.347 e. The lowest BCUT2D eigenvalue weighted by Crippen LogP contribution is -2.47. The Morgan fingerprint density at radius 2 is 1.71 bits per heavy atom. The third-order valence-corrected chi connectivity index (χ3v) is 3.69. The zero-order chi connectivity index (χ0) is 15.0. The molecule has 118 valence electrons. The van der Waals surface area contributed by atoms with Gasteiger partial charge in [-0.3, -0.25) is 9.59 Å². The van der Waals surface area contributed by atoms with Crippen LogP contribution >= 0.6 is 12.4 Å². The Bertz CT molecular complexity index is 439. The van der Waals surface area contributed by atoms with Crippen molar-refractivity contribution in [2.75, 3.05) is 18.4 Å². The van der Waals surface area contributed by atoms with Gasteiger partial charge in [0, 0.05) is 12.2 Å². The molecular weight excluding hydrogens is 290 g/mol. The average Bonchev–Trinajstić information content (AvgIpc) is 2.48. The molecule has 0 aliphatic rings. The van der Waals surface area contributed by atoms with E-state index in [9.17, 15) is 9.59 Å². The zero-order valence-electron chi connectivity index (χ0n) is 12.5. The molecule has 0 atom stereocenters. The summed E-state index contributed by atoms with van der Waals surface area (Å²) in [6.07, 6.45) is 1.32. The van der Waals surface area contributed by atoms with E-state index in [1.54, 1.807) is 12.1 Å². The molecule has 0 aliphatic carbocycles. The lowest BCUT2D eigenvalue weighted by atomic mass is 9.81. The van der Waals surface area contributed by atoms with Gasteiger partial charge in [-0.25, -0.2) is 0 Å². The fourth-order valence-corrected chi connectivity index (χ4v) is 2.03. The summed E-state index contributed by atoms with van der Waals surface area (Å²) in [6, 6.07) is 9.13. The molecule has 21 heavy (non-hydrogen) atoms. The lowest BCUT2D eigenvalue weighted by Gasteiger charge is -2.28. The Labute approximate surface area is 132 Å². The second-order valence-corrected chi connectivity index (χ2v) is 4.79. The Morgan fingerprint density at radius 1 is 1.14 bits per heavy atom. The van der Waals surface area contributed by atoms with Gasteiger partial charge in [0.05, 0.1) is 12.0 Å². The minimum atomic E-state index is -0.576. The van der Waals surface area contributed by atoms with Gasteiger partial charge < -0.3 is 16.4 Å². The predicted molar refractivity (Wildman–Crippen MR) is 87.4 cm³/mol. The maximum Gasteiger partial charge on any atom is 0.243 e. The minimum absolute atomic E-state index is 0. The normalized spacial score (nSPS) is 10.4. The van der Waals surface area contributed by atoms with E-state index in [1.807, 2.05) is 32.0 Å². The fourth-order valence-electron chi connectivity index (χ4n) is 2.03. The van der Waals surface area contributed by atoms with Crippen LogP contribution in [-0.2, 0) is 9.59 Å². The van der Waals surface area contributed by atoms with E-state index in [2.05, 4.69) is 10.6 Å². The van der Waals surface area contributed by atoms with E-state index in [4.69, 9.17) is 5.73 Å². The number of hydrogen-bond acceptors (Lipinski definition) is 3. The van der Waals surface area contributed by atoms with Crippen molar-refractivity contribution in [3.63, 3.8) is 0 Å². The topological polar surface area (TPSA) is 84.2 Å². The summed E-state index contributed by atoms with van der Waals surface area (Å²) in [5, 5.41) is 5.38. The highest BCUT2D eigenvalue weighted by atomic mass is 35.5. The van der Waals surface area contributed by atoms with E-state index in [0.717, 1.165) is 0 Å². The highest BCUT2D eigenvalue weighted by Crippen LogP contribution is 2.24. The molecule has 4 N–H and O–H groups in total. The van der Waals surface area contributed by atoms with Crippen LogP contribution in [0.5, 0.6) is 0 Å². The molecule has 1 aromatic rings. The molecule has 0 saturated carbocycles. The van der Waals surface area contributed by atoms with Crippen molar-refractivity contribution < 1.29 is 9.59 Å². The number of benzene rings is 1. The quantitative estimate of drug-likeness (QED) is 0.719. The summed E-state index contributed by atoms with van der Waals surface area (Å²) in [5.41, 5.74) is 5.83. The van der Waals surface area contributed by atoms with Gasteiger partial charge in [-0.15, -0.1) is 12.4 Å². The molecule has 0 heterocycles. The average molecular weight is 314 g/mol. The van der Waals surface area contributed by atoms with Crippen LogP contribution in [0, 0.1) is 5.41 Å². The number of nitrogens with one attached hydrogen (secondary N) is 2. The number of hydrogen-bond donors (Lipinski definition) is 3. The number of rotatable bonds is 7. The van der Waals surface area contributed by atoms with Crippen LogP contribution in [0.3, 0.4) is 0 Å². The molecule has 1 rings (SSSR count). The molecule has 0 aliphatic heterocycles. The van der Waals surface area contributed by atoms with E-state index < -0.39 is 5.41 Å². The van der Waals surface area contributed by atoms with Crippen molar-refractivity contribution in [2.45, 2.75) is 26.7 Å². The van der Waals surface area contributed by atoms with Crippen LogP contribution in [-0.4, -0.2) is 24.9 Å². The lowest BCUT2D eigenvalue weighted by molar-refractivity contribution is -0.132. The van der Waals surface area contributed by atoms with E-state index in [-0.39, 0.29) is 37.3 Å². The molecule has 0 radical (unpaired) electrons. The van der Waals surface area contributed by atoms with E-state index >= 15 is 0 Å². The largest absolute Gasteiger partial charge is 0.347 e. The van der Waals surface area contributed by atoms with Gasteiger partial charge in [-0.1, -0.05) is 32.0 Å². The van der Waals surface area contributed by atoms with Crippen molar-refractivity contribution in [3.8, 4) is 0 Å². The third kappa shape index (κ3) is 5.36. The van der Waals surface area contributed by atoms with Crippen LogP contribution in [0.25, 0.3) is 0 Å². The molecule has 0 unspecified atom stereocenters. The first-order valence-corrected chi connectivity index (χ1v) is 6.91. The van der Waals surface area contributed by atoms with Crippen LogP contribution in [0.4, 0.5) is 5.69 Å². The van der Waals surface area contributed by atoms with Crippen molar-refractivity contribution in [3.05, 3.63) is 30.3 Å². The first-order valence-electron chi connectivity index (χ1n) is 6.91. The standard InChI is InChI=1S/C15H23N3O2.ClH/c1-3-15(4-2,11-16)14(20)17-10-13(19)18-12-8-6-5-7-9-12;/h5-9H,3-4,10-11,16H2,1-2H3,(H,17,20)(H,18,19);1H. The van der Waals surface area contributed by atoms with Crippen molar-refractivity contribution in [2.24, 2.45) is 11.1 Å². The van der Waals surface area contributed by atoms with Crippen LogP contribution in [0.1, 0.15) is 26.7 Å². The van der Waals surface area contributed by atoms with Gasteiger partial charge in [0.2, 0.25) is 11.8 Å². The van der Waals surface area contributed by atoms with Crippen LogP contribution < -0.4 is 16.4 Å². The van der Waals surface area contributed by atoms with Crippen molar-refractivity contribution in [1.82, 2.24) is 5.32 Å². The number of nitrogens with two attached hydrogens (primary N) is 1. The van der Waals surface area contributed by atoms with Crippen molar-refractivity contribution >= 4 is 29.9 Å². The summed E-state index contributed by atoms with van der Waals surface area (Å²) in [6.45, 7) is 4.10. The molecule has 2 amide bonds. The molecule has 6 heteroatoms. The molecule has 0 spiro atoms. The molecule has 0 bridgehead atoms. The second-order valence-electron chi connectivity index (χ2n) is 4.79. The number of para-hydroxylation sites is 1.